The second-order valence-corrected chi connectivity index (χ2v) is 3.78. The number of hydrogen-bond acceptors (Lipinski definition) is 2. The molecule has 0 aliphatic carbocycles. The number of H-pyrrole nitrogens is 1. The highest BCUT2D eigenvalue weighted by Crippen LogP contribution is 2.23. The summed E-state index contributed by atoms with van der Waals surface area (Å²) in [5.74, 6) is -0.389. The van der Waals surface area contributed by atoms with E-state index < -0.39 is 0 Å². The summed E-state index contributed by atoms with van der Waals surface area (Å²) in [5, 5.41) is 0.365. The quantitative estimate of drug-likeness (QED) is 0.772. The van der Waals surface area contributed by atoms with Crippen molar-refractivity contribution in [3.8, 4) is 11.3 Å². The minimum Gasteiger partial charge on any atom is -0.346 e. The molecule has 1 N–H and O–H groups in total. The van der Waals surface area contributed by atoms with Gasteiger partial charge in [0.1, 0.15) is 10.5 Å². The maximum absolute atomic E-state index is 13.5. The Labute approximate surface area is 95.8 Å². The van der Waals surface area contributed by atoms with Gasteiger partial charge in [0.2, 0.25) is 0 Å². The minimum atomic E-state index is -0.389. The van der Waals surface area contributed by atoms with Crippen LogP contribution in [0.2, 0.25) is 5.02 Å². The van der Waals surface area contributed by atoms with Crippen LogP contribution in [0.4, 0.5) is 4.39 Å². The fraction of sp³-hybridized carbons (Fsp3) is 0. The molecule has 1 aromatic heterocycles. The van der Waals surface area contributed by atoms with Crippen LogP contribution >= 0.6 is 23.8 Å². The Morgan fingerprint density at radius 3 is 2.80 bits per heavy atom. The zero-order valence-electron chi connectivity index (χ0n) is 7.50. The Morgan fingerprint density at radius 1 is 1.33 bits per heavy atom. The Kier molecular flexibility index (Phi) is 2.79. The van der Waals surface area contributed by atoms with Gasteiger partial charge < -0.3 is 4.98 Å². The molecule has 0 saturated heterocycles. The number of halogens is 2. The van der Waals surface area contributed by atoms with E-state index in [4.69, 9.17) is 23.8 Å². The van der Waals surface area contributed by atoms with E-state index in [1.54, 1.807) is 18.2 Å². The number of aromatic amines is 1. The largest absolute Gasteiger partial charge is 0.346 e. The molecule has 0 amide bonds. The summed E-state index contributed by atoms with van der Waals surface area (Å²) in [5.41, 5.74) is 1.01. The lowest BCUT2D eigenvalue weighted by atomic mass is 10.1. The van der Waals surface area contributed by atoms with Gasteiger partial charge in [-0.15, -0.1) is 0 Å². The predicted octanol–water partition coefficient (Wildman–Crippen LogP) is 3.60. The van der Waals surface area contributed by atoms with E-state index in [2.05, 4.69) is 9.97 Å². The Balaban J connectivity index is 2.59. The maximum atomic E-state index is 13.5. The second kappa shape index (κ2) is 4.08. The van der Waals surface area contributed by atoms with E-state index in [1.807, 2.05) is 0 Å². The van der Waals surface area contributed by atoms with E-state index in [1.165, 1.54) is 12.4 Å². The van der Waals surface area contributed by atoms with Crippen molar-refractivity contribution in [1.82, 2.24) is 9.97 Å². The minimum absolute atomic E-state index is 0.365. The third kappa shape index (κ3) is 2.22. The summed E-state index contributed by atoms with van der Waals surface area (Å²) >= 11 is 10.5. The molecule has 0 radical (unpaired) electrons. The number of rotatable bonds is 1. The molecular formula is C10H6ClFN2S. The molecule has 1 heterocycles. The summed E-state index contributed by atoms with van der Waals surface area (Å²) < 4.78 is 13.9. The summed E-state index contributed by atoms with van der Waals surface area (Å²) in [4.78, 5) is 6.65. The summed E-state index contributed by atoms with van der Waals surface area (Å²) in [6.45, 7) is 0. The fourth-order valence-corrected chi connectivity index (χ4v) is 1.56. The van der Waals surface area contributed by atoms with Crippen molar-refractivity contribution in [2.75, 3.05) is 0 Å². The lowest BCUT2D eigenvalue weighted by molar-refractivity contribution is 0.630. The van der Waals surface area contributed by atoms with Gasteiger partial charge in [0, 0.05) is 10.6 Å². The average molecular weight is 241 g/mol. The molecule has 1 aromatic carbocycles. The van der Waals surface area contributed by atoms with Gasteiger partial charge in [-0.3, -0.25) is 0 Å². The third-order valence-electron chi connectivity index (χ3n) is 1.90. The lowest BCUT2D eigenvalue weighted by Crippen LogP contribution is -1.88. The Hall–Kier alpha value is -1.26. The SMILES string of the molecule is Fc1cc(Cl)ccc1-c1cc(=S)nc[nH]1. The second-order valence-electron chi connectivity index (χ2n) is 2.92. The van der Waals surface area contributed by atoms with Gasteiger partial charge >= 0.3 is 0 Å². The van der Waals surface area contributed by atoms with Gasteiger partial charge in [0.15, 0.2) is 0 Å². The molecule has 0 aliphatic rings. The van der Waals surface area contributed by atoms with Crippen molar-refractivity contribution in [2.45, 2.75) is 0 Å². The smallest absolute Gasteiger partial charge is 0.133 e. The zero-order chi connectivity index (χ0) is 10.8. The lowest BCUT2D eigenvalue weighted by Gasteiger charge is -2.03. The average Bonchev–Trinajstić information content (AvgIpc) is 2.17. The van der Waals surface area contributed by atoms with Crippen molar-refractivity contribution < 1.29 is 4.39 Å². The number of nitrogens with one attached hydrogen (secondary N) is 1. The predicted molar refractivity (Wildman–Crippen MR) is 59.8 cm³/mol. The van der Waals surface area contributed by atoms with Crippen molar-refractivity contribution in [1.29, 1.82) is 0 Å². The number of hydrogen-bond donors (Lipinski definition) is 1. The first-order chi connectivity index (χ1) is 7.16. The van der Waals surface area contributed by atoms with E-state index in [-0.39, 0.29) is 5.82 Å². The fourth-order valence-electron chi connectivity index (χ4n) is 1.23. The monoisotopic (exact) mass is 240 g/mol. The zero-order valence-corrected chi connectivity index (χ0v) is 9.07. The molecular weight excluding hydrogens is 235 g/mol. The third-order valence-corrected chi connectivity index (χ3v) is 2.36. The maximum Gasteiger partial charge on any atom is 0.133 e. The number of aromatic nitrogens is 2. The number of benzene rings is 1. The van der Waals surface area contributed by atoms with Crippen LogP contribution in [0.15, 0.2) is 30.6 Å². The van der Waals surface area contributed by atoms with Gasteiger partial charge in [-0.25, -0.2) is 9.37 Å². The van der Waals surface area contributed by atoms with E-state index in [0.717, 1.165) is 0 Å². The van der Waals surface area contributed by atoms with Crippen molar-refractivity contribution >= 4 is 23.8 Å². The van der Waals surface area contributed by atoms with Crippen LogP contribution in [-0.4, -0.2) is 9.97 Å². The topological polar surface area (TPSA) is 28.7 Å². The van der Waals surface area contributed by atoms with Crippen LogP contribution in [0.5, 0.6) is 0 Å². The number of nitrogens with zero attached hydrogens (tertiary/aromatic N) is 1. The Morgan fingerprint density at radius 2 is 2.13 bits per heavy atom. The molecule has 0 saturated carbocycles. The highest BCUT2D eigenvalue weighted by molar-refractivity contribution is 7.71. The Bertz CT molecular complexity index is 553. The summed E-state index contributed by atoms with van der Waals surface area (Å²) in [6.07, 6.45) is 1.44. The molecule has 76 valence electrons. The molecule has 0 unspecified atom stereocenters. The van der Waals surface area contributed by atoms with E-state index >= 15 is 0 Å². The summed E-state index contributed by atoms with van der Waals surface area (Å²) in [6, 6.07) is 6.07. The molecule has 0 atom stereocenters. The molecule has 2 nitrogen and oxygen atoms in total. The van der Waals surface area contributed by atoms with Crippen LogP contribution in [-0.2, 0) is 0 Å². The van der Waals surface area contributed by atoms with Gasteiger partial charge in [0.05, 0.1) is 12.0 Å². The van der Waals surface area contributed by atoms with Gasteiger partial charge in [0.25, 0.3) is 0 Å². The first kappa shape index (κ1) is 10.3. The normalized spacial score (nSPS) is 10.3. The first-order valence-electron chi connectivity index (χ1n) is 4.17. The van der Waals surface area contributed by atoms with Gasteiger partial charge in [-0.1, -0.05) is 23.8 Å². The molecule has 15 heavy (non-hydrogen) atoms. The van der Waals surface area contributed by atoms with Crippen molar-refractivity contribution in [3.63, 3.8) is 0 Å². The molecule has 0 bridgehead atoms. The van der Waals surface area contributed by atoms with Crippen molar-refractivity contribution in [3.05, 3.63) is 46.1 Å². The molecule has 0 spiro atoms. The van der Waals surface area contributed by atoms with Crippen LogP contribution < -0.4 is 0 Å². The van der Waals surface area contributed by atoms with Gasteiger partial charge in [-0.2, -0.15) is 0 Å². The van der Waals surface area contributed by atoms with E-state index in [9.17, 15) is 4.39 Å². The van der Waals surface area contributed by atoms with Crippen LogP contribution in [0, 0.1) is 10.5 Å². The molecule has 0 fully saturated rings. The summed E-state index contributed by atoms with van der Waals surface area (Å²) in [7, 11) is 0. The highest BCUT2D eigenvalue weighted by Gasteiger charge is 2.05. The van der Waals surface area contributed by atoms with E-state index in [0.29, 0.717) is 20.9 Å². The highest BCUT2D eigenvalue weighted by atomic mass is 35.5. The molecule has 0 aliphatic heterocycles. The van der Waals surface area contributed by atoms with Crippen LogP contribution in [0.3, 0.4) is 0 Å². The molecule has 5 heteroatoms. The first-order valence-corrected chi connectivity index (χ1v) is 4.95. The molecule has 2 aromatic rings. The van der Waals surface area contributed by atoms with Crippen LogP contribution in [0.25, 0.3) is 11.3 Å². The van der Waals surface area contributed by atoms with Crippen molar-refractivity contribution in [2.24, 2.45) is 0 Å². The van der Waals surface area contributed by atoms with Gasteiger partial charge in [-0.05, 0) is 24.3 Å². The van der Waals surface area contributed by atoms with Crippen LogP contribution in [0.1, 0.15) is 0 Å². The molecule has 2 rings (SSSR count). The standard InChI is InChI=1S/C10H6ClFN2S/c11-6-1-2-7(8(12)3-6)9-4-10(15)14-5-13-9/h1-5H,(H,13,14,15).